The third kappa shape index (κ3) is 4.96. The van der Waals surface area contributed by atoms with Gasteiger partial charge >= 0.3 is 0 Å². The first kappa shape index (κ1) is 19.1. The number of rotatable bonds is 8. The highest BCUT2D eigenvalue weighted by Crippen LogP contribution is 2.48. The number of benzene rings is 1. The van der Waals surface area contributed by atoms with Gasteiger partial charge in [0.2, 0.25) is 5.56 Å². The van der Waals surface area contributed by atoms with Gasteiger partial charge in [0.15, 0.2) is 5.96 Å². The fourth-order valence-corrected chi connectivity index (χ4v) is 3.32. The number of aryl methyl sites for hydroxylation is 1. The van der Waals surface area contributed by atoms with E-state index in [4.69, 9.17) is 0 Å². The second-order valence-electron chi connectivity index (χ2n) is 7.05. The fraction of sp³-hybridized carbons (Fsp3) is 0.429. The van der Waals surface area contributed by atoms with Crippen LogP contribution in [0, 0.1) is 5.82 Å². The number of aromatic nitrogens is 1. The fourth-order valence-electron chi connectivity index (χ4n) is 3.32. The van der Waals surface area contributed by atoms with E-state index in [0.717, 1.165) is 43.8 Å². The maximum Gasteiger partial charge on any atom is 0.250 e. The number of guanidine groups is 1. The van der Waals surface area contributed by atoms with Crippen LogP contribution in [0.4, 0.5) is 4.39 Å². The summed E-state index contributed by atoms with van der Waals surface area (Å²) in [5.41, 5.74) is 0.712. The normalized spacial score (nSPS) is 15.4. The van der Waals surface area contributed by atoms with Gasteiger partial charge in [0.1, 0.15) is 5.82 Å². The number of nitrogens with zero attached hydrogens (tertiary/aromatic N) is 2. The van der Waals surface area contributed by atoms with Gasteiger partial charge in [-0.2, -0.15) is 0 Å². The topological polar surface area (TPSA) is 58.4 Å². The smallest absolute Gasteiger partial charge is 0.250 e. The lowest BCUT2D eigenvalue weighted by Crippen LogP contribution is -2.41. The van der Waals surface area contributed by atoms with Crippen LogP contribution in [0.1, 0.15) is 31.2 Å². The molecule has 0 spiro atoms. The van der Waals surface area contributed by atoms with Crippen molar-refractivity contribution in [3.05, 3.63) is 70.4 Å². The molecular weight excluding hydrogens is 343 g/mol. The summed E-state index contributed by atoms with van der Waals surface area (Å²) in [5.74, 6) is 0.602. The Labute approximate surface area is 159 Å². The van der Waals surface area contributed by atoms with Crippen molar-refractivity contribution in [2.24, 2.45) is 4.99 Å². The number of unbranched alkanes of at least 4 members (excludes halogenated alkanes) is 1. The first-order valence-electron chi connectivity index (χ1n) is 9.50. The Balaban J connectivity index is 1.41. The molecule has 0 saturated heterocycles. The van der Waals surface area contributed by atoms with Crippen molar-refractivity contribution in [3.8, 4) is 0 Å². The van der Waals surface area contributed by atoms with Gasteiger partial charge in [-0.15, -0.1) is 0 Å². The molecular formula is C21H27FN4O. The van der Waals surface area contributed by atoms with E-state index in [9.17, 15) is 9.18 Å². The molecule has 0 unspecified atom stereocenters. The second kappa shape index (κ2) is 8.84. The number of nitrogens with one attached hydrogen (secondary N) is 2. The van der Waals surface area contributed by atoms with Crippen molar-refractivity contribution >= 4 is 5.96 Å². The third-order valence-electron chi connectivity index (χ3n) is 5.13. The van der Waals surface area contributed by atoms with Crippen molar-refractivity contribution in [2.75, 3.05) is 20.1 Å². The molecule has 0 bridgehead atoms. The van der Waals surface area contributed by atoms with Crippen LogP contribution in [-0.2, 0) is 12.0 Å². The molecule has 144 valence electrons. The lowest BCUT2D eigenvalue weighted by Gasteiger charge is -2.19. The number of aliphatic imine (C=N–C) groups is 1. The molecule has 0 amide bonds. The first-order valence-corrected chi connectivity index (χ1v) is 9.50. The van der Waals surface area contributed by atoms with Crippen LogP contribution < -0.4 is 16.2 Å². The van der Waals surface area contributed by atoms with Gasteiger partial charge in [-0.05, 0) is 43.4 Å². The summed E-state index contributed by atoms with van der Waals surface area (Å²) in [6.45, 7) is 2.16. The molecule has 1 aromatic heterocycles. The number of hydrogen-bond donors (Lipinski definition) is 2. The van der Waals surface area contributed by atoms with Crippen LogP contribution in [0.15, 0.2) is 58.4 Å². The SMILES string of the molecule is CN=C(NCCCCn1ccccc1=O)NCC1(c2ccccc2F)CC1. The van der Waals surface area contributed by atoms with Gasteiger partial charge in [-0.3, -0.25) is 9.79 Å². The second-order valence-corrected chi connectivity index (χ2v) is 7.05. The van der Waals surface area contributed by atoms with E-state index >= 15 is 0 Å². The highest BCUT2D eigenvalue weighted by atomic mass is 19.1. The standard InChI is InChI=1S/C21H27FN4O/c1-23-20(24-13-5-7-15-26-14-6-4-10-19(26)27)25-16-21(11-12-21)17-8-2-3-9-18(17)22/h2-4,6,8-10,14H,5,7,11-13,15-16H2,1H3,(H2,23,24,25). The van der Waals surface area contributed by atoms with E-state index in [1.54, 1.807) is 29.8 Å². The zero-order valence-corrected chi connectivity index (χ0v) is 15.7. The van der Waals surface area contributed by atoms with Crippen LogP contribution in [0.3, 0.4) is 0 Å². The van der Waals surface area contributed by atoms with Crippen LogP contribution in [0.25, 0.3) is 0 Å². The summed E-state index contributed by atoms with van der Waals surface area (Å²) >= 11 is 0. The maximum atomic E-state index is 14.1. The van der Waals surface area contributed by atoms with E-state index in [1.807, 2.05) is 24.4 Å². The quantitative estimate of drug-likeness (QED) is 0.427. The van der Waals surface area contributed by atoms with Gasteiger partial charge in [-0.25, -0.2) is 4.39 Å². The Morgan fingerprint density at radius 3 is 2.63 bits per heavy atom. The number of halogens is 1. The van der Waals surface area contributed by atoms with Gasteiger partial charge in [0, 0.05) is 44.4 Å². The summed E-state index contributed by atoms with van der Waals surface area (Å²) in [5, 5.41) is 6.63. The largest absolute Gasteiger partial charge is 0.356 e. The maximum absolute atomic E-state index is 14.1. The lowest BCUT2D eigenvalue weighted by molar-refractivity contribution is 0.556. The molecule has 2 N–H and O–H groups in total. The Morgan fingerprint density at radius 2 is 1.93 bits per heavy atom. The molecule has 2 aromatic rings. The van der Waals surface area contributed by atoms with Crippen LogP contribution in [-0.4, -0.2) is 30.7 Å². The molecule has 1 fully saturated rings. The Bertz CT molecular complexity index is 842. The molecule has 1 saturated carbocycles. The summed E-state index contributed by atoms with van der Waals surface area (Å²) in [6, 6.07) is 12.2. The monoisotopic (exact) mass is 370 g/mol. The van der Waals surface area contributed by atoms with Crippen molar-refractivity contribution in [1.29, 1.82) is 0 Å². The summed E-state index contributed by atoms with van der Waals surface area (Å²) in [7, 11) is 1.74. The Morgan fingerprint density at radius 1 is 1.15 bits per heavy atom. The Hall–Kier alpha value is -2.63. The summed E-state index contributed by atoms with van der Waals surface area (Å²) < 4.78 is 15.8. The van der Waals surface area contributed by atoms with E-state index in [1.165, 1.54) is 6.07 Å². The molecule has 27 heavy (non-hydrogen) atoms. The number of pyridine rings is 1. The predicted molar refractivity (Wildman–Crippen MR) is 107 cm³/mol. The Kier molecular flexibility index (Phi) is 6.27. The molecule has 1 aromatic carbocycles. The minimum absolute atomic E-state index is 0.0332. The zero-order chi connectivity index (χ0) is 19.1. The minimum Gasteiger partial charge on any atom is -0.356 e. The van der Waals surface area contributed by atoms with Crippen molar-refractivity contribution in [1.82, 2.24) is 15.2 Å². The van der Waals surface area contributed by atoms with Crippen molar-refractivity contribution in [2.45, 2.75) is 37.6 Å². The molecule has 1 aliphatic carbocycles. The number of hydrogen-bond acceptors (Lipinski definition) is 2. The first-order chi connectivity index (χ1) is 13.1. The van der Waals surface area contributed by atoms with E-state index in [2.05, 4.69) is 15.6 Å². The van der Waals surface area contributed by atoms with Gasteiger partial charge in [0.25, 0.3) is 0 Å². The van der Waals surface area contributed by atoms with E-state index < -0.39 is 0 Å². The molecule has 6 heteroatoms. The molecule has 0 aliphatic heterocycles. The molecule has 3 rings (SSSR count). The summed E-state index contributed by atoms with van der Waals surface area (Å²) in [4.78, 5) is 15.9. The molecule has 5 nitrogen and oxygen atoms in total. The van der Waals surface area contributed by atoms with Crippen molar-refractivity contribution in [3.63, 3.8) is 0 Å². The zero-order valence-electron chi connectivity index (χ0n) is 15.7. The molecule has 1 aliphatic rings. The van der Waals surface area contributed by atoms with Gasteiger partial charge < -0.3 is 15.2 Å². The lowest BCUT2D eigenvalue weighted by atomic mass is 9.95. The molecule has 0 atom stereocenters. The predicted octanol–water partition coefficient (Wildman–Crippen LogP) is 2.66. The highest BCUT2D eigenvalue weighted by Gasteiger charge is 2.45. The third-order valence-corrected chi connectivity index (χ3v) is 5.13. The van der Waals surface area contributed by atoms with Crippen LogP contribution >= 0.6 is 0 Å². The highest BCUT2D eigenvalue weighted by molar-refractivity contribution is 5.79. The average molecular weight is 370 g/mol. The van der Waals surface area contributed by atoms with E-state index in [-0.39, 0.29) is 16.8 Å². The van der Waals surface area contributed by atoms with Crippen molar-refractivity contribution < 1.29 is 4.39 Å². The van der Waals surface area contributed by atoms with E-state index in [0.29, 0.717) is 13.1 Å². The van der Waals surface area contributed by atoms with Crippen LogP contribution in [0.5, 0.6) is 0 Å². The van der Waals surface area contributed by atoms with Gasteiger partial charge in [0.05, 0.1) is 0 Å². The molecule has 1 heterocycles. The average Bonchev–Trinajstić information content (AvgIpc) is 3.46. The molecule has 0 radical (unpaired) electrons. The van der Waals surface area contributed by atoms with Crippen LogP contribution in [0.2, 0.25) is 0 Å². The summed E-state index contributed by atoms with van der Waals surface area (Å²) in [6.07, 6.45) is 5.63. The van der Waals surface area contributed by atoms with Gasteiger partial charge in [-0.1, -0.05) is 24.3 Å². The minimum atomic E-state index is -0.129.